The Morgan fingerprint density at radius 1 is 1.10 bits per heavy atom. The van der Waals surface area contributed by atoms with Crippen molar-refractivity contribution in [2.45, 2.75) is 6.92 Å². The number of likely N-dealkylation sites (N-methyl/N-ethyl adjacent to an activating group) is 1. The molecule has 0 atom stereocenters. The van der Waals surface area contributed by atoms with E-state index >= 15 is 0 Å². The number of halogens is 2. The minimum Gasteiger partial charge on any atom is -0.492 e. The summed E-state index contributed by atoms with van der Waals surface area (Å²) in [7, 11) is 0. The highest BCUT2D eigenvalue weighted by molar-refractivity contribution is 9.10. The number of benzene rings is 2. The molecule has 0 amide bonds. The van der Waals surface area contributed by atoms with E-state index < -0.39 is 0 Å². The van der Waals surface area contributed by atoms with Crippen LogP contribution in [0.25, 0.3) is 0 Å². The maximum Gasteiger partial charge on any atom is 0.146 e. The van der Waals surface area contributed by atoms with Crippen LogP contribution in [0.2, 0.25) is 0 Å². The molecule has 0 heterocycles. The lowest BCUT2D eigenvalue weighted by molar-refractivity contribution is 0.324. The third-order valence-electron chi connectivity index (χ3n) is 3.02. The van der Waals surface area contributed by atoms with E-state index in [0.717, 1.165) is 16.8 Å². The maximum absolute atomic E-state index is 13.7. The predicted molar refractivity (Wildman–Crippen MR) is 83.9 cm³/mol. The SMILES string of the molecule is CCN(CCOc1ccc(Br)cc1)c1ccccc1F. The van der Waals surface area contributed by atoms with Crippen LogP contribution in [-0.2, 0) is 0 Å². The second kappa shape index (κ2) is 7.29. The molecule has 2 aromatic carbocycles. The zero-order valence-corrected chi connectivity index (χ0v) is 12.9. The molecule has 0 saturated heterocycles. The van der Waals surface area contributed by atoms with Gasteiger partial charge in [-0.1, -0.05) is 28.1 Å². The van der Waals surface area contributed by atoms with Crippen molar-refractivity contribution in [3.8, 4) is 5.75 Å². The van der Waals surface area contributed by atoms with E-state index in [2.05, 4.69) is 15.9 Å². The number of nitrogens with zero attached hydrogens (tertiary/aromatic N) is 1. The van der Waals surface area contributed by atoms with Crippen LogP contribution >= 0.6 is 15.9 Å². The Morgan fingerprint density at radius 3 is 2.45 bits per heavy atom. The second-order valence-corrected chi connectivity index (χ2v) is 5.25. The molecule has 0 aromatic heterocycles. The molecule has 0 N–H and O–H groups in total. The number of hydrogen-bond acceptors (Lipinski definition) is 2. The van der Waals surface area contributed by atoms with Crippen molar-refractivity contribution in [1.82, 2.24) is 0 Å². The first-order valence-corrected chi connectivity index (χ1v) is 7.38. The Bertz CT molecular complexity index is 544. The van der Waals surface area contributed by atoms with Gasteiger partial charge in [-0.25, -0.2) is 4.39 Å². The molecule has 0 aliphatic carbocycles. The lowest BCUT2D eigenvalue weighted by atomic mass is 10.2. The summed E-state index contributed by atoms with van der Waals surface area (Å²) in [6.45, 7) is 3.91. The van der Waals surface area contributed by atoms with E-state index in [1.165, 1.54) is 6.07 Å². The van der Waals surface area contributed by atoms with Gasteiger partial charge in [-0.05, 0) is 43.3 Å². The summed E-state index contributed by atoms with van der Waals surface area (Å²) >= 11 is 3.38. The third-order valence-corrected chi connectivity index (χ3v) is 3.55. The molecule has 20 heavy (non-hydrogen) atoms. The second-order valence-electron chi connectivity index (χ2n) is 4.33. The highest BCUT2D eigenvalue weighted by Crippen LogP contribution is 2.19. The van der Waals surface area contributed by atoms with Crippen molar-refractivity contribution >= 4 is 21.6 Å². The van der Waals surface area contributed by atoms with E-state index in [1.54, 1.807) is 12.1 Å². The van der Waals surface area contributed by atoms with Crippen molar-refractivity contribution in [3.63, 3.8) is 0 Å². The lowest BCUT2D eigenvalue weighted by Gasteiger charge is -2.23. The summed E-state index contributed by atoms with van der Waals surface area (Å²) in [6.07, 6.45) is 0. The molecular weight excluding hydrogens is 321 g/mol. The molecule has 0 radical (unpaired) electrons. The van der Waals surface area contributed by atoms with Crippen LogP contribution in [0.5, 0.6) is 5.75 Å². The summed E-state index contributed by atoms with van der Waals surface area (Å²) in [5.41, 5.74) is 0.620. The Kier molecular flexibility index (Phi) is 5.41. The highest BCUT2D eigenvalue weighted by Gasteiger charge is 2.08. The van der Waals surface area contributed by atoms with Gasteiger partial charge >= 0.3 is 0 Å². The largest absolute Gasteiger partial charge is 0.492 e. The molecule has 106 valence electrons. The first kappa shape index (κ1) is 14.9. The standard InChI is InChI=1S/C16H17BrFNO/c1-2-19(16-6-4-3-5-15(16)18)11-12-20-14-9-7-13(17)8-10-14/h3-10H,2,11-12H2,1H3. The first-order valence-electron chi connectivity index (χ1n) is 6.58. The number of rotatable bonds is 6. The molecule has 0 saturated carbocycles. The molecule has 0 aliphatic rings. The number of ether oxygens (including phenoxy) is 1. The third kappa shape index (κ3) is 3.97. The van der Waals surface area contributed by atoms with Crippen molar-refractivity contribution in [2.24, 2.45) is 0 Å². The topological polar surface area (TPSA) is 12.5 Å². The van der Waals surface area contributed by atoms with E-state index in [-0.39, 0.29) is 5.82 Å². The van der Waals surface area contributed by atoms with E-state index in [1.807, 2.05) is 42.2 Å². The quantitative estimate of drug-likeness (QED) is 0.769. The van der Waals surface area contributed by atoms with Crippen molar-refractivity contribution < 1.29 is 9.13 Å². The average Bonchev–Trinajstić information content (AvgIpc) is 2.47. The summed E-state index contributed by atoms with van der Waals surface area (Å²) in [5.74, 6) is 0.621. The van der Waals surface area contributed by atoms with Crippen molar-refractivity contribution in [3.05, 3.63) is 58.8 Å². The van der Waals surface area contributed by atoms with Crippen LogP contribution in [0.4, 0.5) is 10.1 Å². The number of anilines is 1. The van der Waals surface area contributed by atoms with E-state index in [0.29, 0.717) is 18.8 Å². The van der Waals surface area contributed by atoms with Gasteiger partial charge in [0, 0.05) is 11.0 Å². The fourth-order valence-corrected chi connectivity index (χ4v) is 2.23. The summed E-state index contributed by atoms with van der Waals surface area (Å²) < 4.78 is 20.4. The molecule has 4 heteroatoms. The molecule has 0 bridgehead atoms. The van der Waals surface area contributed by atoms with Gasteiger partial charge in [0.2, 0.25) is 0 Å². The monoisotopic (exact) mass is 337 g/mol. The molecule has 2 aromatic rings. The average molecular weight is 338 g/mol. The van der Waals surface area contributed by atoms with Crippen LogP contribution < -0.4 is 9.64 Å². The smallest absolute Gasteiger partial charge is 0.146 e. The first-order chi connectivity index (χ1) is 9.70. The fraction of sp³-hybridized carbons (Fsp3) is 0.250. The lowest BCUT2D eigenvalue weighted by Crippen LogP contribution is -2.28. The van der Waals surface area contributed by atoms with Gasteiger partial charge in [0.25, 0.3) is 0 Å². The molecule has 0 spiro atoms. The molecule has 0 fully saturated rings. The Morgan fingerprint density at radius 2 is 1.80 bits per heavy atom. The zero-order chi connectivity index (χ0) is 14.4. The molecule has 0 aliphatic heterocycles. The van der Waals surface area contributed by atoms with Gasteiger partial charge in [-0.3, -0.25) is 0 Å². The summed E-state index contributed by atoms with van der Waals surface area (Å²) in [6, 6.07) is 14.5. The van der Waals surface area contributed by atoms with E-state index in [4.69, 9.17) is 4.74 Å². The minimum absolute atomic E-state index is 0.196. The van der Waals surface area contributed by atoms with Crippen LogP contribution in [0.1, 0.15) is 6.92 Å². The van der Waals surface area contributed by atoms with Crippen LogP contribution in [0, 0.1) is 5.82 Å². The molecule has 2 nitrogen and oxygen atoms in total. The number of hydrogen-bond donors (Lipinski definition) is 0. The van der Waals surface area contributed by atoms with E-state index in [9.17, 15) is 4.39 Å². The van der Waals surface area contributed by atoms with Gasteiger partial charge in [0.15, 0.2) is 0 Å². The zero-order valence-electron chi connectivity index (χ0n) is 11.4. The molecule has 0 unspecified atom stereocenters. The Hall–Kier alpha value is -1.55. The molecular formula is C16H17BrFNO. The minimum atomic E-state index is -0.196. The van der Waals surface area contributed by atoms with Crippen LogP contribution in [-0.4, -0.2) is 19.7 Å². The summed E-state index contributed by atoms with van der Waals surface area (Å²) in [5, 5.41) is 0. The van der Waals surface area contributed by atoms with Gasteiger partial charge in [-0.2, -0.15) is 0 Å². The van der Waals surface area contributed by atoms with Crippen molar-refractivity contribution in [1.29, 1.82) is 0 Å². The predicted octanol–water partition coefficient (Wildman–Crippen LogP) is 4.49. The van der Waals surface area contributed by atoms with Gasteiger partial charge < -0.3 is 9.64 Å². The van der Waals surface area contributed by atoms with Gasteiger partial charge in [-0.15, -0.1) is 0 Å². The Labute approximate surface area is 127 Å². The van der Waals surface area contributed by atoms with Crippen LogP contribution in [0.15, 0.2) is 53.0 Å². The van der Waals surface area contributed by atoms with Crippen LogP contribution in [0.3, 0.4) is 0 Å². The van der Waals surface area contributed by atoms with Gasteiger partial charge in [0.1, 0.15) is 18.2 Å². The normalized spacial score (nSPS) is 10.3. The fourth-order valence-electron chi connectivity index (χ4n) is 1.96. The molecule has 2 rings (SSSR count). The maximum atomic E-state index is 13.7. The van der Waals surface area contributed by atoms with Crippen molar-refractivity contribution in [2.75, 3.05) is 24.6 Å². The highest BCUT2D eigenvalue weighted by atomic mass is 79.9. The number of para-hydroxylation sites is 1. The Balaban J connectivity index is 1.91. The van der Waals surface area contributed by atoms with Gasteiger partial charge in [0.05, 0.1) is 12.2 Å². The summed E-state index contributed by atoms with van der Waals surface area (Å²) in [4.78, 5) is 1.97.